The molecule has 6 heteroatoms. The van der Waals surface area contributed by atoms with Crippen LogP contribution in [0.15, 0.2) is 60.7 Å². The standard InChI is InChI=1S/C20H18O6/c21-16-11-17(22)13-20(12-16,25-18(23)14-7-3-1-4-8-14)26-19(24)15-9-5-2-6-10-15/h1-10,16,21H,11-13H2. The zero-order valence-electron chi connectivity index (χ0n) is 14.0. The van der Waals surface area contributed by atoms with Crippen LogP contribution in [0.4, 0.5) is 0 Å². The van der Waals surface area contributed by atoms with Crippen LogP contribution in [-0.4, -0.2) is 34.7 Å². The lowest BCUT2D eigenvalue weighted by Crippen LogP contribution is -2.48. The SMILES string of the molecule is O=C1CC(O)CC(OC(=O)c2ccccc2)(OC(=O)c2ccccc2)C1. The van der Waals surface area contributed by atoms with Gasteiger partial charge >= 0.3 is 11.9 Å². The molecule has 0 amide bonds. The van der Waals surface area contributed by atoms with Gasteiger partial charge in [0, 0.05) is 6.42 Å². The van der Waals surface area contributed by atoms with Gasteiger partial charge in [0.15, 0.2) is 0 Å². The third-order valence-corrected chi connectivity index (χ3v) is 4.05. The number of aliphatic hydroxyl groups excluding tert-OH is 1. The fourth-order valence-corrected chi connectivity index (χ4v) is 2.92. The smallest absolute Gasteiger partial charge is 0.341 e. The molecule has 0 aromatic heterocycles. The van der Waals surface area contributed by atoms with Crippen LogP contribution in [-0.2, 0) is 14.3 Å². The number of rotatable bonds is 4. The summed E-state index contributed by atoms with van der Waals surface area (Å²) in [6.45, 7) is 0. The highest BCUT2D eigenvalue weighted by Crippen LogP contribution is 2.33. The van der Waals surface area contributed by atoms with E-state index in [4.69, 9.17) is 9.47 Å². The largest absolute Gasteiger partial charge is 0.418 e. The number of benzene rings is 2. The van der Waals surface area contributed by atoms with Crippen molar-refractivity contribution >= 4 is 17.7 Å². The summed E-state index contributed by atoms with van der Waals surface area (Å²) in [5.74, 6) is -3.62. The first-order valence-corrected chi connectivity index (χ1v) is 8.24. The van der Waals surface area contributed by atoms with E-state index in [1.165, 1.54) is 0 Å². The zero-order chi connectivity index (χ0) is 18.6. The molecule has 1 saturated carbocycles. The van der Waals surface area contributed by atoms with Gasteiger partial charge < -0.3 is 14.6 Å². The lowest BCUT2D eigenvalue weighted by atomic mass is 9.90. The molecule has 0 bridgehead atoms. The lowest BCUT2D eigenvalue weighted by molar-refractivity contribution is -0.200. The maximum atomic E-state index is 12.4. The molecule has 26 heavy (non-hydrogen) atoms. The molecule has 6 nitrogen and oxygen atoms in total. The van der Waals surface area contributed by atoms with Crippen LogP contribution in [0.2, 0.25) is 0 Å². The van der Waals surface area contributed by atoms with Crippen LogP contribution in [0.25, 0.3) is 0 Å². The van der Waals surface area contributed by atoms with Crippen molar-refractivity contribution < 1.29 is 29.0 Å². The van der Waals surface area contributed by atoms with E-state index in [0.717, 1.165) is 0 Å². The van der Waals surface area contributed by atoms with Gasteiger partial charge in [-0.2, -0.15) is 0 Å². The summed E-state index contributed by atoms with van der Waals surface area (Å²) < 4.78 is 10.9. The molecule has 1 unspecified atom stereocenters. The average Bonchev–Trinajstić information content (AvgIpc) is 2.62. The number of esters is 2. The molecule has 2 aromatic rings. The number of Topliss-reactive ketones (excluding diaryl/α,β-unsaturated/α-hetero) is 1. The molecule has 2 aromatic carbocycles. The van der Waals surface area contributed by atoms with Crippen molar-refractivity contribution in [3.63, 3.8) is 0 Å². The van der Waals surface area contributed by atoms with E-state index in [1.54, 1.807) is 60.7 Å². The molecule has 0 spiro atoms. The number of carbonyl (C=O) groups is 3. The Kier molecular flexibility index (Phi) is 5.14. The summed E-state index contributed by atoms with van der Waals surface area (Å²) >= 11 is 0. The van der Waals surface area contributed by atoms with Crippen LogP contribution in [0, 0.1) is 0 Å². The van der Waals surface area contributed by atoms with E-state index in [-0.39, 0.29) is 36.2 Å². The Morgan fingerprint density at radius 2 is 1.35 bits per heavy atom. The average molecular weight is 354 g/mol. The second-order valence-corrected chi connectivity index (χ2v) is 6.20. The Hall–Kier alpha value is -2.99. The topological polar surface area (TPSA) is 89.9 Å². The first-order chi connectivity index (χ1) is 12.5. The maximum absolute atomic E-state index is 12.4. The molecule has 3 rings (SSSR count). The molecule has 134 valence electrons. The molecule has 1 fully saturated rings. The van der Waals surface area contributed by atoms with Crippen LogP contribution in [0.1, 0.15) is 40.0 Å². The predicted molar refractivity (Wildman–Crippen MR) is 91.3 cm³/mol. The summed E-state index contributed by atoms with van der Waals surface area (Å²) in [6, 6.07) is 16.4. The highest BCUT2D eigenvalue weighted by atomic mass is 16.7. The molecule has 1 N–H and O–H groups in total. The Balaban J connectivity index is 1.86. The van der Waals surface area contributed by atoms with Crippen molar-refractivity contribution in [2.24, 2.45) is 0 Å². The van der Waals surface area contributed by atoms with Crippen molar-refractivity contribution in [2.45, 2.75) is 31.2 Å². The van der Waals surface area contributed by atoms with Crippen LogP contribution in [0.5, 0.6) is 0 Å². The van der Waals surface area contributed by atoms with E-state index in [0.29, 0.717) is 0 Å². The first-order valence-electron chi connectivity index (χ1n) is 8.24. The molecular weight excluding hydrogens is 336 g/mol. The van der Waals surface area contributed by atoms with Gasteiger partial charge in [0.2, 0.25) is 0 Å². The van der Waals surface area contributed by atoms with Crippen molar-refractivity contribution in [2.75, 3.05) is 0 Å². The summed E-state index contributed by atoms with van der Waals surface area (Å²) in [6.07, 6.45) is -1.56. The Morgan fingerprint density at radius 3 is 1.77 bits per heavy atom. The monoisotopic (exact) mass is 354 g/mol. The molecule has 0 aliphatic heterocycles. The van der Waals surface area contributed by atoms with Gasteiger partial charge in [-0.1, -0.05) is 36.4 Å². The van der Waals surface area contributed by atoms with Gasteiger partial charge in [0.25, 0.3) is 5.79 Å². The van der Waals surface area contributed by atoms with E-state index in [9.17, 15) is 19.5 Å². The number of hydrogen-bond donors (Lipinski definition) is 1. The molecule has 1 atom stereocenters. The third-order valence-electron chi connectivity index (χ3n) is 4.05. The fourth-order valence-electron chi connectivity index (χ4n) is 2.92. The highest BCUT2D eigenvalue weighted by Gasteiger charge is 2.47. The van der Waals surface area contributed by atoms with E-state index >= 15 is 0 Å². The lowest BCUT2D eigenvalue weighted by Gasteiger charge is -2.36. The van der Waals surface area contributed by atoms with Crippen molar-refractivity contribution in [1.29, 1.82) is 0 Å². The molecule has 1 aliphatic carbocycles. The molecule has 1 aliphatic rings. The minimum absolute atomic E-state index is 0.0620. The van der Waals surface area contributed by atoms with Gasteiger partial charge in [-0.25, -0.2) is 9.59 Å². The van der Waals surface area contributed by atoms with Gasteiger partial charge in [-0.15, -0.1) is 0 Å². The van der Waals surface area contributed by atoms with Crippen molar-refractivity contribution in [3.8, 4) is 0 Å². The van der Waals surface area contributed by atoms with E-state index in [2.05, 4.69) is 0 Å². The fraction of sp³-hybridized carbons (Fsp3) is 0.250. The molecular formula is C20H18O6. The number of carbonyl (C=O) groups excluding carboxylic acids is 3. The second kappa shape index (κ2) is 7.49. The van der Waals surface area contributed by atoms with Gasteiger partial charge in [-0.3, -0.25) is 4.79 Å². The normalized spacial score (nSPS) is 18.8. The molecule has 0 saturated heterocycles. The van der Waals surface area contributed by atoms with E-state index < -0.39 is 23.8 Å². The summed E-state index contributed by atoms with van der Waals surface area (Å²) in [4.78, 5) is 36.9. The molecule has 0 radical (unpaired) electrons. The Bertz CT molecular complexity index is 746. The second-order valence-electron chi connectivity index (χ2n) is 6.20. The number of ether oxygens (including phenoxy) is 2. The zero-order valence-corrected chi connectivity index (χ0v) is 14.0. The maximum Gasteiger partial charge on any atom is 0.341 e. The Labute approximate surface area is 150 Å². The van der Waals surface area contributed by atoms with Crippen molar-refractivity contribution in [3.05, 3.63) is 71.8 Å². The van der Waals surface area contributed by atoms with Gasteiger partial charge in [-0.05, 0) is 24.3 Å². The summed E-state index contributed by atoms with van der Waals surface area (Å²) in [5, 5.41) is 9.98. The first kappa shape index (κ1) is 17.8. The van der Waals surface area contributed by atoms with Crippen molar-refractivity contribution in [1.82, 2.24) is 0 Å². The van der Waals surface area contributed by atoms with Gasteiger partial charge in [0.05, 0.1) is 30.1 Å². The quantitative estimate of drug-likeness (QED) is 0.670. The summed E-state index contributed by atoms with van der Waals surface area (Å²) in [7, 11) is 0. The minimum Gasteiger partial charge on any atom is -0.418 e. The predicted octanol–water partition coefficient (Wildman–Crippen LogP) is 2.51. The highest BCUT2D eigenvalue weighted by molar-refractivity contribution is 5.92. The number of ketones is 1. The van der Waals surface area contributed by atoms with Crippen LogP contribution in [0.3, 0.4) is 0 Å². The third kappa shape index (κ3) is 4.15. The van der Waals surface area contributed by atoms with Gasteiger partial charge in [0.1, 0.15) is 5.78 Å². The number of aliphatic hydroxyl groups is 1. The summed E-state index contributed by atoms with van der Waals surface area (Å²) in [5.41, 5.74) is 0.519. The minimum atomic E-state index is -1.82. The number of hydrogen-bond acceptors (Lipinski definition) is 6. The van der Waals surface area contributed by atoms with E-state index in [1.807, 2.05) is 0 Å². The molecule has 0 heterocycles. The van der Waals surface area contributed by atoms with Crippen LogP contribution >= 0.6 is 0 Å². The van der Waals surface area contributed by atoms with Crippen LogP contribution < -0.4 is 0 Å². The Morgan fingerprint density at radius 1 is 0.885 bits per heavy atom.